The quantitative estimate of drug-likeness (QED) is 0.821. The Labute approximate surface area is 155 Å². The first-order valence-corrected chi connectivity index (χ1v) is 9.94. The maximum Gasteiger partial charge on any atom is 0.227 e. The molecule has 2 aliphatic carbocycles. The molecule has 1 saturated heterocycles. The van der Waals surface area contributed by atoms with E-state index in [1.165, 1.54) is 37.7 Å². The number of aromatic nitrogens is 2. The molecule has 3 aliphatic rings. The predicted octanol–water partition coefficient (Wildman–Crippen LogP) is 3.23. The molecular formula is C20H28N4O2. The minimum atomic E-state index is -0.191. The van der Waals surface area contributed by atoms with E-state index in [0.717, 1.165) is 18.7 Å². The van der Waals surface area contributed by atoms with Gasteiger partial charge in [-0.25, -0.2) is 9.97 Å². The summed E-state index contributed by atoms with van der Waals surface area (Å²) in [6.45, 7) is 1.67. The number of carbonyl (C=O) groups is 1. The molecule has 0 aromatic carbocycles. The van der Waals surface area contributed by atoms with Gasteiger partial charge in [0.15, 0.2) is 5.82 Å². The van der Waals surface area contributed by atoms with Crippen LogP contribution in [0.1, 0.15) is 63.2 Å². The van der Waals surface area contributed by atoms with Crippen LogP contribution in [-0.2, 0) is 9.53 Å². The summed E-state index contributed by atoms with van der Waals surface area (Å²) in [5.41, 5.74) is 1.29. The van der Waals surface area contributed by atoms with Crippen LogP contribution in [0.25, 0.3) is 0 Å². The van der Waals surface area contributed by atoms with Crippen LogP contribution in [-0.4, -0.2) is 46.6 Å². The molecule has 6 nitrogen and oxygen atoms in total. The van der Waals surface area contributed by atoms with Crippen molar-refractivity contribution >= 4 is 11.7 Å². The van der Waals surface area contributed by atoms with Crippen LogP contribution in [0.5, 0.6) is 0 Å². The lowest BCUT2D eigenvalue weighted by Gasteiger charge is -2.35. The SMILES string of the molecule is O=C(CC1=CCCCC1)N1CCOCC1c1nccc(NC2CCC2)n1. The Kier molecular flexibility index (Phi) is 5.48. The van der Waals surface area contributed by atoms with Gasteiger partial charge in [-0.05, 0) is 51.0 Å². The van der Waals surface area contributed by atoms with E-state index < -0.39 is 0 Å². The molecule has 0 radical (unpaired) electrons. The molecule has 6 heteroatoms. The van der Waals surface area contributed by atoms with E-state index in [1.54, 1.807) is 6.20 Å². The zero-order valence-corrected chi connectivity index (χ0v) is 15.3. The largest absolute Gasteiger partial charge is 0.377 e. The summed E-state index contributed by atoms with van der Waals surface area (Å²) in [6, 6.07) is 2.24. The summed E-state index contributed by atoms with van der Waals surface area (Å²) in [4.78, 5) is 24.0. The number of hydrogen-bond acceptors (Lipinski definition) is 5. The fourth-order valence-corrected chi connectivity index (χ4v) is 3.85. The molecule has 0 bridgehead atoms. The Bertz CT molecular complexity index is 672. The van der Waals surface area contributed by atoms with Gasteiger partial charge in [0, 0.05) is 25.2 Å². The number of nitrogens with one attached hydrogen (secondary N) is 1. The van der Waals surface area contributed by atoms with Crippen molar-refractivity contribution in [2.24, 2.45) is 0 Å². The highest BCUT2D eigenvalue weighted by molar-refractivity contribution is 5.79. The van der Waals surface area contributed by atoms with Gasteiger partial charge in [-0.2, -0.15) is 0 Å². The number of amides is 1. The molecular weight excluding hydrogens is 328 g/mol. The fraction of sp³-hybridized carbons (Fsp3) is 0.650. The van der Waals surface area contributed by atoms with Crippen LogP contribution in [0.3, 0.4) is 0 Å². The summed E-state index contributed by atoms with van der Waals surface area (Å²) in [7, 11) is 0. The van der Waals surface area contributed by atoms with Crippen LogP contribution in [0.15, 0.2) is 23.9 Å². The third kappa shape index (κ3) is 4.06. The van der Waals surface area contributed by atoms with Crippen molar-refractivity contribution < 1.29 is 9.53 Å². The maximum atomic E-state index is 12.9. The molecule has 2 heterocycles. The van der Waals surface area contributed by atoms with Gasteiger partial charge in [-0.1, -0.05) is 11.6 Å². The highest BCUT2D eigenvalue weighted by Crippen LogP contribution is 2.27. The predicted molar refractivity (Wildman–Crippen MR) is 99.7 cm³/mol. The molecule has 1 aromatic rings. The Morgan fingerprint density at radius 3 is 3.00 bits per heavy atom. The zero-order valence-electron chi connectivity index (χ0n) is 15.3. The van der Waals surface area contributed by atoms with Gasteiger partial charge in [-0.3, -0.25) is 4.79 Å². The minimum absolute atomic E-state index is 0.174. The zero-order chi connectivity index (χ0) is 17.8. The average molecular weight is 356 g/mol. The molecule has 1 saturated carbocycles. The normalized spacial score (nSPS) is 23.9. The average Bonchev–Trinajstić information content (AvgIpc) is 2.66. The highest BCUT2D eigenvalue weighted by Gasteiger charge is 2.31. The number of rotatable bonds is 5. The van der Waals surface area contributed by atoms with E-state index in [9.17, 15) is 4.79 Å². The topological polar surface area (TPSA) is 67.4 Å². The van der Waals surface area contributed by atoms with E-state index in [-0.39, 0.29) is 11.9 Å². The second-order valence-electron chi connectivity index (χ2n) is 7.54. The Morgan fingerprint density at radius 1 is 1.31 bits per heavy atom. The number of allylic oxidation sites excluding steroid dienone is 1. The van der Waals surface area contributed by atoms with Crippen molar-refractivity contribution in [3.05, 3.63) is 29.7 Å². The van der Waals surface area contributed by atoms with Crippen LogP contribution in [0, 0.1) is 0 Å². The number of hydrogen-bond donors (Lipinski definition) is 1. The van der Waals surface area contributed by atoms with Gasteiger partial charge in [0.1, 0.15) is 11.9 Å². The molecule has 1 amide bonds. The summed E-state index contributed by atoms with van der Waals surface area (Å²) in [5, 5.41) is 3.46. The molecule has 1 aliphatic heterocycles. The van der Waals surface area contributed by atoms with E-state index in [0.29, 0.717) is 38.0 Å². The van der Waals surface area contributed by atoms with Crippen molar-refractivity contribution in [3.63, 3.8) is 0 Å². The molecule has 140 valence electrons. The lowest BCUT2D eigenvalue weighted by atomic mass is 9.93. The van der Waals surface area contributed by atoms with Gasteiger partial charge in [0.2, 0.25) is 5.91 Å². The van der Waals surface area contributed by atoms with Crippen LogP contribution in [0.4, 0.5) is 5.82 Å². The molecule has 0 spiro atoms. The Morgan fingerprint density at radius 2 is 2.23 bits per heavy atom. The van der Waals surface area contributed by atoms with Crippen molar-refractivity contribution in [1.82, 2.24) is 14.9 Å². The van der Waals surface area contributed by atoms with Gasteiger partial charge >= 0.3 is 0 Å². The second kappa shape index (κ2) is 8.16. The van der Waals surface area contributed by atoms with Gasteiger partial charge in [0.05, 0.1) is 13.2 Å². The minimum Gasteiger partial charge on any atom is -0.377 e. The molecule has 26 heavy (non-hydrogen) atoms. The summed E-state index contributed by atoms with van der Waals surface area (Å²) < 4.78 is 5.65. The highest BCUT2D eigenvalue weighted by atomic mass is 16.5. The summed E-state index contributed by atoms with van der Waals surface area (Å²) >= 11 is 0. The fourth-order valence-electron chi connectivity index (χ4n) is 3.85. The van der Waals surface area contributed by atoms with E-state index in [4.69, 9.17) is 4.74 Å². The smallest absolute Gasteiger partial charge is 0.227 e. The van der Waals surface area contributed by atoms with Crippen molar-refractivity contribution in [2.75, 3.05) is 25.1 Å². The maximum absolute atomic E-state index is 12.9. The second-order valence-corrected chi connectivity index (χ2v) is 7.54. The number of ether oxygens (including phenoxy) is 1. The number of morpholine rings is 1. The molecule has 4 rings (SSSR count). The number of anilines is 1. The number of carbonyl (C=O) groups excluding carboxylic acids is 1. The van der Waals surface area contributed by atoms with Gasteiger partial charge < -0.3 is 15.0 Å². The molecule has 2 fully saturated rings. The Hall–Kier alpha value is -1.95. The summed E-state index contributed by atoms with van der Waals surface area (Å²) in [5.74, 6) is 1.71. The van der Waals surface area contributed by atoms with Gasteiger partial charge in [-0.15, -0.1) is 0 Å². The van der Waals surface area contributed by atoms with Crippen LogP contribution >= 0.6 is 0 Å². The lowest BCUT2D eigenvalue weighted by molar-refractivity contribution is -0.139. The first kappa shape index (κ1) is 17.5. The van der Waals surface area contributed by atoms with Gasteiger partial charge in [0.25, 0.3) is 0 Å². The van der Waals surface area contributed by atoms with Crippen LogP contribution in [0.2, 0.25) is 0 Å². The monoisotopic (exact) mass is 356 g/mol. The summed E-state index contributed by atoms with van der Waals surface area (Å²) in [6.07, 6.45) is 12.8. The van der Waals surface area contributed by atoms with E-state index in [1.807, 2.05) is 11.0 Å². The third-order valence-corrected chi connectivity index (χ3v) is 5.64. The van der Waals surface area contributed by atoms with Crippen molar-refractivity contribution in [3.8, 4) is 0 Å². The van der Waals surface area contributed by atoms with Crippen molar-refractivity contribution in [2.45, 2.75) is 63.5 Å². The molecule has 1 aromatic heterocycles. The molecule has 1 atom stereocenters. The van der Waals surface area contributed by atoms with Crippen LogP contribution < -0.4 is 5.32 Å². The van der Waals surface area contributed by atoms with E-state index >= 15 is 0 Å². The third-order valence-electron chi connectivity index (χ3n) is 5.64. The molecule has 1 N–H and O–H groups in total. The Balaban J connectivity index is 1.46. The first-order valence-electron chi connectivity index (χ1n) is 9.94. The standard InChI is InChI=1S/C20H28N4O2/c25-19(13-15-5-2-1-3-6-15)24-11-12-26-14-17(24)20-21-10-9-18(23-20)22-16-7-4-8-16/h5,9-10,16-17H,1-4,6-8,11-14H2,(H,21,22,23). The van der Waals surface area contributed by atoms with E-state index in [2.05, 4.69) is 21.4 Å². The van der Waals surface area contributed by atoms with Crippen molar-refractivity contribution in [1.29, 1.82) is 0 Å². The first-order chi connectivity index (χ1) is 12.8. The lowest BCUT2D eigenvalue weighted by Crippen LogP contribution is -2.44. The number of nitrogens with zero attached hydrogens (tertiary/aromatic N) is 3. The molecule has 1 unspecified atom stereocenters.